The number of hydrogen-bond donors (Lipinski definition) is 0. The summed E-state index contributed by atoms with van der Waals surface area (Å²) in [6, 6.07) is 0. The minimum Gasteiger partial charge on any atom is -0.748 e. The van der Waals surface area contributed by atoms with Gasteiger partial charge in [-0.2, -0.15) is 0 Å². The average molecular weight is 285 g/mol. The summed E-state index contributed by atoms with van der Waals surface area (Å²) in [6.07, 6.45) is 13.0. The van der Waals surface area contributed by atoms with Gasteiger partial charge in [-0.15, -0.1) is 0 Å². The summed E-state index contributed by atoms with van der Waals surface area (Å²) in [5, 5.41) is 0. The van der Waals surface area contributed by atoms with Crippen molar-refractivity contribution in [3.05, 3.63) is 48.1 Å². The Labute approximate surface area is 116 Å². The maximum Gasteiger partial charge on any atom is 0.0949 e. The Balaban J connectivity index is 0.000000555. The number of allylic oxidation sites excluding steroid dienone is 8. The lowest BCUT2D eigenvalue weighted by molar-refractivity contribution is -0.849. The molecule has 0 amide bonds. The lowest BCUT2D eigenvalue weighted by Gasteiger charge is -2.14. The van der Waals surface area contributed by atoms with Crippen molar-refractivity contribution in [2.75, 3.05) is 33.9 Å². The normalized spacial score (nSPS) is 18.5. The molecule has 0 fully saturated rings. The molecule has 0 spiro atoms. The summed E-state index contributed by atoms with van der Waals surface area (Å²) in [4.78, 5) is 0. The maximum absolute atomic E-state index is 10.4. The van der Waals surface area contributed by atoms with Gasteiger partial charge in [-0.25, -0.2) is 8.42 Å². The zero-order valence-electron chi connectivity index (χ0n) is 12.0. The summed E-state index contributed by atoms with van der Waals surface area (Å²) < 4.78 is 32.2. The van der Waals surface area contributed by atoms with Gasteiger partial charge in [-0.3, -0.25) is 0 Å². The molecular weight excluding hydrogens is 262 g/mol. The largest absolute Gasteiger partial charge is 0.748 e. The third-order valence-electron chi connectivity index (χ3n) is 1.71. The van der Waals surface area contributed by atoms with Crippen molar-refractivity contribution in [3.63, 3.8) is 0 Å². The van der Waals surface area contributed by atoms with Crippen molar-refractivity contribution in [2.45, 2.75) is 6.42 Å². The van der Waals surface area contributed by atoms with Crippen LogP contribution in [0.15, 0.2) is 48.1 Å². The standard InChI is InChI=1S/C10H12O3S.C4H12N/c11-14(12,13)9-8-10-6-4-2-1-3-5-7-10;1-5(2,3)4/h1-7H,8-9H2,(H,11,12,13);1-4H3/q;+1/p-1/b2-1-,3-1?,4-2?,5-3-,6-4?,7-5?,10-6?,10-7?;. The molecule has 0 N–H and O–H groups in total. The Bertz CT molecular complexity index is 471. The molecule has 108 valence electrons. The molecule has 1 rings (SSSR count). The van der Waals surface area contributed by atoms with Crippen LogP contribution in [0.4, 0.5) is 0 Å². The third-order valence-corrected chi connectivity index (χ3v) is 2.41. The van der Waals surface area contributed by atoms with Crippen molar-refractivity contribution in [2.24, 2.45) is 0 Å². The van der Waals surface area contributed by atoms with E-state index >= 15 is 0 Å². The molecule has 0 aromatic rings. The van der Waals surface area contributed by atoms with Crippen LogP contribution in [-0.4, -0.2) is 51.4 Å². The lowest BCUT2D eigenvalue weighted by Crippen LogP contribution is -2.27. The van der Waals surface area contributed by atoms with Gasteiger partial charge in [0, 0.05) is 5.75 Å². The second kappa shape index (κ2) is 8.09. The molecule has 4 nitrogen and oxygen atoms in total. The first-order valence-corrected chi connectivity index (χ1v) is 7.59. The highest BCUT2D eigenvalue weighted by Crippen LogP contribution is 2.07. The van der Waals surface area contributed by atoms with Crippen molar-refractivity contribution in [3.8, 4) is 0 Å². The van der Waals surface area contributed by atoms with E-state index in [1.54, 1.807) is 12.2 Å². The number of quaternary nitrogens is 1. The van der Waals surface area contributed by atoms with Crippen LogP contribution in [0.3, 0.4) is 0 Å². The molecule has 1 aliphatic carbocycles. The van der Waals surface area contributed by atoms with Gasteiger partial charge >= 0.3 is 0 Å². The summed E-state index contributed by atoms with van der Waals surface area (Å²) in [6.45, 7) is 0. The quantitative estimate of drug-likeness (QED) is 0.587. The van der Waals surface area contributed by atoms with E-state index in [0.29, 0.717) is 0 Å². The van der Waals surface area contributed by atoms with E-state index in [2.05, 4.69) is 28.2 Å². The molecule has 0 aliphatic heterocycles. The number of hydrogen-bond acceptors (Lipinski definition) is 3. The minimum absolute atomic E-state index is 0.264. The summed E-state index contributed by atoms with van der Waals surface area (Å²) >= 11 is 0. The zero-order valence-corrected chi connectivity index (χ0v) is 12.9. The van der Waals surface area contributed by atoms with E-state index < -0.39 is 10.1 Å². The monoisotopic (exact) mass is 285 g/mol. The fourth-order valence-corrected chi connectivity index (χ4v) is 1.50. The Kier molecular flexibility index (Phi) is 7.59. The fraction of sp³-hybridized carbons (Fsp3) is 0.429. The molecule has 0 unspecified atom stereocenters. The molecule has 0 aromatic carbocycles. The molecule has 0 saturated carbocycles. The molecule has 0 saturated heterocycles. The SMILES string of the molecule is C[N+](C)(C)C.O=S(=O)([O-])CCC1=C/C=C\C=C/C=C1. The highest BCUT2D eigenvalue weighted by Gasteiger charge is 1.97. The van der Waals surface area contributed by atoms with Crippen LogP contribution in [0.5, 0.6) is 0 Å². The van der Waals surface area contributed by atoms with Crippen LogP contribution in [0, 0.1) is 0 Å². The molecule has 0 atom stereocenters. The van der Waals surface area contributed by atoms with Gasteiger partial charge in [0.05, 0.1) is 38.3 Å². The second-order valence-electron chi connectivity index (χ2n) is 5.57. The number of nitrogens with zero attached hydrogens (tertiary/aromatic N) is 1. The predicted molar refractivity (Wildman–Crippen MR) is 78.6 cm³/mol. The van der Waals surface area contributed by atoms with Crippen LogP contribution in [0.2, 0.25) is 0 Å². The van der Waals surface area contributed by atoms with Gasteiger partial charge in [-0.1, -0.05) is 42.5 Å². The topological polar surface area (TPSA) is 57.2 Å². The Hall–Kier alpha value is -1.17. The first kappa shape index (κ1) is 17.8. The lowest BCUT2D eigenvalue weighted by atomic mass is 10.1. The van der Waals surface area contributed by atoms with E-state index in [9.17, 15) is 13.0 Å². The summed E-state index contributed by atoms with van der Waals surface area (Å²) in [5.74, 6) is -0.347. The van der Waals surface area contributed by atoms with Crippen LogP contribution in [-0.2, 0) is 10.1 Å². The van der Waals surface area contributed by atoms with E-state index in [4.69, 9.17) is 0 Å². The molecule has 1 aliphatic rings. The van der Waals surface area contributed by atoms with Crippen LogP contribution in [0.25, 0.3) is 0 Å². The highest BCUT2D eigenvalue weighted by molar-refractivity contribution is 7.85. The first-order valence-electron chi connectivity index (χ1n) is 6.01. The maximum atomic E-state index is 10.4. The van der Waals surface area contributed by atoms with Crippen LogP contribution in [0.1, 0.15) is 6.42 Å². The van der Waals surface area contributed by atoms with Crippen molar-refractivity contribution in [1.29, 1.82) is 0 Å². The summed E-state index contributed by atoms with van der Waals surface area (Å²) in [5.41, 5.74) is 0.838. The van der Waals surface area contributed by atoms with Gasteiger partial charge in [0.2, 0.25) is 0 Å². The van der Waals surface area contributed by atoms with Gasteiger partial charge in [-0.05, 0) is 12.0 Å². The average Bonchev–Trinajstić information content (AvgIpc) is 2.11. The van der Waals surface area contributed by atoms with Gasteiger partial charge in [0.1, 0.15) is 0 Å². The van der Waals surface area contributed by atoms with E-state index in [-0.39, 0.29) is 12.2 Å². The van der Waals surface area contributed by atoms with E-state index in [0.717, 1.165) is 10.1 Å². The van der Waals surface area contributed by atoms with Crippen molar-refractivity contribution in [1.82, 2.24) is 0 Å². The second-order valence-corrected chi connectivity index (χ2v) is 7.09. The molecule has 0 radical (unpaired) electrons. The van der Waals surface area contributed by atoms with Crippen molar-refractivity contribution >= 4 is 10.1 Å². The van der Waals surface area contributed by atoms with Gasteiger partial charge in [0.15, 0.2) is 0 Å². The van der Waals surface area contributed by atoms with E-state index in [1.807, 2.05) is 30.4 Å². The molecule has 19 heavy (non-hydrogen) atoms. The smallest absolute Gasteiger partial charge is 0.0949 e. The molecule has 5 heteroatoms. The van der Waals surface area contributed by atoms with Gasteiger partial charge in [0.25, 0.3) is 0 Å². The molecule has 0 bridgehead atoms. The van der Waals surface area contributed by atoms with Gasteiger partial charge < -0.3 is 9.04 Å². The fourth-order valence-electron chi connectivity index (χ4n) is 1.02. The Morgan fingerprint density at radius 2 is 1.47 bits per heavy atom. The number of rotatable bonds is 3. The van der Waals surface area contributed by atoms with Crippen LogP contribution >= 0.6 is 0 Å². The van der Waals surface area contributed by atoms with Crippen molar-refractivity contribution < 1.29 is 17.5 Å². The van der Waals surface area contributed by atoms with E-state index in [1.165, 1.54) is 0 Å². The first-order chi connectivity index (χ1) is 8.58. The minimum atomic E-state index is -4.11. The highest BCUT2D eigenvalue weighted by atomic mass is 32.2. The molecule has 0 aromatic heterocycles. The molecule has 0 heterocycles. The molecular formula is C14H23NO3S. The Morgan fingerprint density at radius 3 is 2.00 bits per heavy atom. The summed E-state index contributed by atoms with van der Waals surface area (Å²) in [7, 11) is 4.39. The van der Waals surface area contributed by atoms with Crippen LogP contribution < -0.4 is 0 Å². The third kappa shape index (κ3) is 16.8. The zero-order chi connectivity index (χ0) is 14.9. The Morgan fingerprint density at radius 1 is 1.00 bits per heavy atom. The predicted octanol–water partition coefficient (Wildman–Crippen LogP) is 1.85.